The van der Waals surface area contributed by atoms with E-state index in [-0.39, 0.29) is 21.6 Å². The van der Waals surface area contributed by atoms with Crippen LogP contribution in [0.3, 0.4) is 0 Å². The van der Waals surface area contributed by atoms with Crippen LogP contribution in [0.5, 0.6) is 0 Å². The number of piperidine rings is 1. The van der Waals surface area contributed by atoms with E-state index in [2.05, 4.69) is 6.92 Å². The summed E-state index contributed by atoms with van der Waals surface area (Å²) in [5.41, 5.74) is 0.262. The van der Waals surface area contributed by atoms with Gasteiger partial charge in [-0.05, 0) is 30.5 Å². The van der Waals surface area contributed by atoms with Crippen LogP contribution in [0.4, 0.5) is 0 Å². The van der Waals surface area contributed by atoms with E-state index >= 15 is 0 Å². The standard InChI is InChI=1S/C14H17ClN2O3S/c1-10-5-6-17(9-14(10)20-2)21(18,19)12-4-3-11(8-16)13(15)7-12/h3-4,7,10,14H,5-6,9H2,1-2H3. The van der Waals surface area contributed by atoms with Crippen molar-refractivity contribution < 1.29 is 13.2 Å². The van der Waals surface area contributed by atoms with E-state index in [9.17, 15) is 8.42 Å². The normalized spacial score (nSPS) is 23.7. The molecule has 1 heterocycles. The highest BCUT2D eigenvalue weighted by molar-refractivity contribution is 7.89. The van der Waals surface area contributed by atoms with Gasteiger partial charge in [0, 0.05) is 20.2 Å². The van der Waals surface area contributed by atoms with Crippen molar-refractivity contribution in [2.45, 2.75) is 24.3 Å². The molecule has 2 rings (SSSR count). The lowest BCUT2D eigenvalue weighted by atomic mass is 9.97. The fourth-order valence-corrected chi connectivity index (χ4v) is 4.21. The van der Waals surface area contributed by atoms with E-state index in [1.54, 1.807) is 7.11 Å². The Morgan fingerprint density at radius 3 is 2.76 bits per heavy atom. The number of nitrogens with zero attached hydrogens (tertiary/aromatic N) is 2. The van der Waals surface area contributed by atoms with Crippen LogP contribution in [-0.2, 0) is 14.8 Å². The summed E-state index contributed by atoms with van der Waals surface area (Å²) in [5.74, 6) is 0.325. The molecule has 114 valence electrons. The van der Waals surface area contributed by atoms with Crippen molar-refractivity contribution in [1.29, 1.82) is 5.26 Å². The zero-order valence-corrected chi connectivity index (χ0v) is 13.5. The lowest BCUT2D eigenvalue weighted by Gasteiger charge is -2.35. The van der Waals surface area contributed by atoms with E-state index < -0.39 is 10.0 Å². The van der Waals surface area contributed by atoms with Crippen LogP contribution in [0, 0.1) is 17.2 Å². The van der Waals surface area contributed by atoms with Gasteiger partial charge in [0.25, 0.3) is 0 Å². The summed E-state index contributed by atoms with van der Waals surface area (Å²) < 4.78 is 32.0. The number of methoxy groups -OCH3 is 1. The van der Waals surface area contributed by atoms with Gasteiger partial charge in [-0.15, -0.1) is 0 Å². The monoisotopic (exact) mass is 328 g/mol. The Balaban J connectivity index is 2.30. The topological polar surface area (TPSA) is 70.4 Å². The fraction of sp³-hybridized carbons (Fsp3) is 0.500. The van der Waals surface area contributed by atoms with Gasteiger partial charge in [0.1, 0.15) is 6.07 Å². The molecular formula is C14H17ClN2O3S. The van der Waals surface area contributed by atoms with Gasteiger partial charge in [-0.1, -0.05) is 18.5 Å². The van der Waals surface area contributed by atoms with Crippen molar-refractivity contribution >= 4 is 21.6 Å². The zero-order chi connectivity index (χ0) is 15.6. The maximum Gasteiger partial charge on any atom is 0.243 e. The molecule has 1 fully saturated rings. The highest BCUT2D eigenvalue weighted by atomic mass is 35.5. The summed E-state index contributed by atoms with van der Waals surface area (Å²) in [6.07, 6.45) is 0.643. The quantitative estimate of drug-likeness (QED) is 0.853. The second-order valence-corrected chi connectivity index (χ2v) is 7.50. The van der Waals surface area contributed by atoms with Crippen LogP contribution in [0.15, 0.2) is 23.1 Å². The van der Waals surface area contributed by atoms with E-state index in [4.69, 9.17) is 21.6 Å². The molecule has 0 amide bonds. The van der Waals surface area contributed by atoms with Crippen molar-refractivity contribution in [2.24, 2.45) is 5.92 Å². The number of hydrogen-bond donors (Lipinski definition) is 0. The predicted octanol–water partition coefficient (Wildman–Crippen LogP) is 2.26. The molecule has 1 aromatic rings. The van der Waals surface area contributed by atoms with E-state index in [1.165, 1.54) is 22.5 Å². The van der Waals surface area contributed by atoms with E-state index in [0.717, 1.165) is 6.42 Å². The predicted molar refractivity (Wildman–Crippen MR) is 79.5 cm³/mol. The average molecular weight is 329 g/mol. The number of sulfonamides is 1. The zero-order valence-electron chi connectivity index (χ0n) is 11.9. The lowest BCUT2D eigenvalue weighted by Crippen LogP contribution is -2.46. The Labute approximate surface area is 130 Å². The Kier molecular flexibility index (Phi) is 4.89. The molecule has 7 heteroatoms. The largest absolute Gasteiger partial charge is 0.380 e. The third-order valence-electron chi connectivity index (χ3n) is 3.85. The van der Waals surface area contributed by atoms with Crippen LogP contribution in [0.25, 0.3) is 0 Å². The summed E-state index contributed by atoms with van der Waals surface area (Å²) in [7, 11) is -2.02. The number of benzene rings is 1. The third-order valence-corrected chi connectivity index (χ3v) is 6.03. The van der Waals surface area contributed by atoms with Gasteiger partial charge in [-0.2, -0.15) is 9.57 Å². The lowest BCUT2D eigenvalue weighted by molar-refractivity contribution is 0.0184. The molecule has 0 bridgehead atoms. The molecule has 0 radical (unpaired) electrons. The van der Waals surface area contributed by atoms with Gasteiger partial charge in [0.2, 0.25) is 10.0 Å². The first kappa shape index (κ1) is 16.2. The van der Waals surface area contributed by atoms with Crippen LogP contribution >= 0.6 is 11.6 Å². The SMILES string of the molecule is COC1CN(S(=O)(=O)c2ccc(C#N)c(Cl)c2)CCC1C. The first-order valence-electron chi connectivity index (χ1n) is 6.62. The molecule has 0 N–H and O–H groups in total. The minimum atomic E-state index is -3.62. The Morgan fingerprint density at radius 2 is 2.19 bits per heavy atom. The third kappa shape index (κ3) is 3.22. The highest BCUT2D eigenvalue weighted by Crippen LogP contribution is 2.27. The van der Waals surface area contributed by atoms with Crippen LogP contribution in [0.2, 0.25) is 5.02 Å². The molecule has 1 saturated heterocycles. The van der Waals surface area contributed by atoms with Gasteiger partial charge >= 0.3 is 0 Å². The molecule has 0 spiro atoms. The summed E-state index contributed by atoms with van der Waals surface area (Å²) >= 11 is 5.92. The average Bonchev–Trinajstić information content (AvgIpc) is 2.47. The number of nitriles is 1. The van der Waals surface area contributed by atoms with Gasteiger partial charge in [-0.25, -0.2) is 8.42 Å². The second-order valence-electron chi connectivity index (χ2n) is 5.16. The molecule has 0 aromatic heterocycles. The summed E-state index contributed by atoms with van der Waals surface area (Å²) in [6, 6.07) is 6.09. The van der Waals surface area contributed by atoms with E-state index in [0.29, 0.717) is 19.0 Å². The van der Waals surface area contributed by atoms with Gasteiger partial charge in [0.05, 0.1) is 21.6 Å². The summed E-state index contributed by atoms with van der Waals surface area (Å²) in [6.45, 7) is 2.84. The van der Waals surface area contributed by atoms with Crippen LogP contribution < -0.4 is 0 Å². The van der Waals surface area contributed by atoms with Crippen molar-refractivity contribution in [3.05, 3.63) is 28.8 Å². The Hall–Kier alpha value is -1.13. The van der Waals surface area contributed by atoms with Crippen LogP contribution in [-0.4, -0.2) is 39.0 Å². The van der Waals surface area contributed by atoms with Crippen LogP contribution in [0.1, 0.15) is 18.9 Å². The van der Waals surface area contributed by atoms with E-state index in [1.807, 2.05) is 6.07 Å². The smallest absolute Gasteiger partial charge is 0.243 e. The molecule has 2 atom stereocenters. The molecule has 1 aliphatic rings. The Bertz CT molecular complexity index is 669. The maximum absolute atomic E-state index is 12.6. The first-order chi connectivity index (χ1) is 9.90. The summed E-state index contributed by atoms with van der Waals surface area (Å²) in [4.78, 5) is 0.107. The molecule has 2 unspecified atom stereocenters. The first-order valence-corrected chi connectivity index (χ1v) is 8.44. The molecule has 1 aliphatic heterocycles. The molecular weight excluding hydrogens is 312 g/mol. The second kappa shape index (κ2) is 6.32. The van der Waals surface area contributed by atoms with Crippen molar-refractivity contribution in [3.63, 3.8) is 0 Å². The molecule has 0 saturated carbocycles. The van der Waals surface area contributed by atoms with Gasteiger partial charge in [-0.3, -0.25) is 0 Å². The molecule has 21 heavy (non-hydrogen) atoms. The summed E-state index contributed by atoms with van der Waals surface area (Å²) in [5, 5.41) is 8.99. The van der Waals surface area contributed by atoms with Gasteiger partial charge in [0.15, 0.2) is 0 Å². The van der Waals surface area contributed by atoms with Crippen molar-refractivity contribution in [2.75, 3.05) is 20.2 Å². The number of hydrogen-bond acceptors (Lipinski definition) is 4. The molecule has 5 nitrogen and oxygen atoms in total. The van der Waals surface area contributed by atoms with Crippen molar-refractivity contribution in [1.82, 2.24) is 4.31 Å². The number of rotatable bonds is 3. The van der Waals surface area contributed by atoms with Gasteiger partial charge < -0.3 is 4.74 Å². The minimum absolute atomic E-state index is 0.107. The fourth-order valence-electron chi connectivity index (χ4n) is 2.43. The highest BCUT2D eigenvalue weighted by Gasteiger charge is 2.34. The maximum atomic E-state index is 12.6. The van der Waals surface area contributed by atoms with Crippen molar-refractivity contribution in [3.8, 4) is 6.07 Å². The molecule has 1 aromatic carbocycles. The number of ether oxygens (including phenoxy) is 1. The minimum Gasteiger partial charge on any atom is -0.380 e. The molecule has 0 aliphatic carbocycles. The Morgan fingerprint density at radius 1 is 1.48 bits per heavy atom. The number of halogens is 1.